The van der Waals surface area contributed by atoms with Gasteiger partial charge in [0.2, 0.25) is 0 Å². The minimum atomic E-state index is -0.365. The lowest BCUT2D eigenvalue weighted by Gasteiger charge is -2.14. The fraction of sp³-hybridized carbons (Fsp3) is 0.455. The molecule has 1 aromatic carbocycles. The molecule has 0 bridgehead atoms. The molecular formula is C11H14BrFO. The maximum absolute atomic E-state index is 12.6. The summed E-state index contributed by atoms with van der Waals surface area (Å²) in [5, 5.41) is 0. The Kier molecular flexibility index (Phi) is 4.39. The molecular weight excluding hydrogens is 247 g/mol. The third-order valence-electron chi connectivity index (χ3n) is 2.03. The zero-order chi connectivity index (χ0) is 10.6. The summed E-state index contributed by atoms with van der Waals surface area (Å²) in [5.41, 5.74) is 0.920. The van der Waals surface area contributed by atoms with Gasteiger partial charge in [0, 0.05) is 16.0 Å². The van der Waals surface area contributed by atoms with Crippen LogP contribution in [0.3, 0.4) is 0 Å². The summed E-state index contributed by atoms with van der Waals surface area (Å²) in [6.07, 6.45) is 0. The Hall–Kier alpha value is -0.570. The summed E-state index contributed by atoms with van der Waals surface area (Å²) in [7, 11) is 0. The van der Waals surface area contributed by atoms with Crippen LogP contribution in [0.1, 0.15) is 25.3 Å². The number of hydrogen-bond acceptors (Lipinski definition) is 1. The van der Waals surface area contributed by atoms with Crippen LogP contribution in [-0.4, -0.2) is 13.3 Å². The molecule has 1 aromatic rings. The van der Waals surface area contributed by atoms with Crippen LogP contribution in [0.15, 0.2) is 22.7 Å². The maximum Gasteiger partial charge on any atom is 0.122 e. The quantitative estimate of drug-likeness (QED) is 0.798. The minimum absolute atomic E-state index is 0.117. The van der Waals surface area contributed by atoms with Gasteiger partial charge in [-0.1, -0.05) is 22.9 Å². The molecule has 0 amide bonds. The van der Waals surface area contributed by atoms with Crippen molar-refractivity contribution in [2.45, 2.75) is 19.8 Å². The third kappa shape index (κ3) is 2.71. The van der Waals surface area contributed by atoms with E-state index in [4.69, 9.17) is 4.74 Å². The van der Waals surface area contributed by atoms with Crippen molar-refractivity contribution in [3.8, 4) is 5.75 Å². The highest BCUT2D eigenvalue weighted by molar-refractivity contribution is 9.10. The predicted molar refractivity (Wildman–Crippen MR) is 59.7 cm³/mol. The molecule has 0 radical (unpaired) electrons. The van der Waals surface area contributed by atoms with E-state index >= 15 is 0 Å². The summed E-state index contributed by atoms with van der Waals surface area (Å²) >= 11 is 3.37. The van der Waals surface area contributed by atoms with Gasteiger partial charge in [-0.2, -0.15) is 0 Å². The molecule has 0 saturated carbocycles. The Morgan fingerprint density at radius 1 is 1.50 bits per heavy atom. The summed E-state index contributed by atoms with van der Waals surface area (Å²) in [5.74, 6) is 0.662. The standard InChI is InChI=1S/C11H14BrFO/c1-3-14-11-5-4-9(12)6-10(11)8(2)7-13/h4-6,8H,3,7H2,1-2H3. The van der Waals surface area contributed by atoms with Crippen molar-refractivity contribution >= 4 is 15.9 Å². The van der Waals surface area contributed by atoms with Crippen LogP contribution in [-0.2, 0) is 0 Å². The second-order valence-electron chi connectivity index (χ2n) is 3.17. The Labute approximate surface area is 92.4 Å². The number of alkyl halides is 1. The highest BCUT2D eigenvalue weighted by Crippen LogP contribution is 2.29. The fourth-order valence-electron chi connectivity index (χ4n) is 1.27. The molecule has 0 aliphatic carbocycles. The first kappa shape index (κ1) is 11.5. The molecule has 3 heteroatoms. The van der Waals surface area contributed by atoms with Crippen molar-refractivity contribution in [2.75, 3.05) is 13.3 Å². The van der Waals surface area contributed by atoms with Gasteiger partial charge in [0.25, 0.3) is 0 Å². The van der Waals surface area contributed by atoms with Gasteiger partial charge in [0.1, 0.15) is 5.75 Å². The zero-order valence-corrected chi connectivity index (χ0v) is 9.97. The van der Waals surface area contributed by atoms with Gasteiger partial charge in [-0.25, -0.2) is 0 Å². The topological polar surface area (TPSA) is 9.23 Å². The van der Waals surface area contributed by atoms with Crippen molar-refractivity contribution < 1.29 is 9.13 Å². The molecule has 0 aromatic heterocycles. The van der Waals surface area contributed by atoms with Gasteiger partial charge in [-0.3, -0.25) is 4.39 Å². The van der Waals surface area contributed by atoms with Gasteiger partial charge < -0.3 is 4.74 Å². The smallest absolute Gasteiger partial charge is 0.122 e. The molecule has 0 fully saturated rings. The Bertz CT molecular complexity index is 301. The van der Waals surface area contributed by atoms with Gasteiger partial charge >= 0.3 is 0 Å². The molecule has 1 unspecified atom stereocenters. The molecule has 0 N–H and O–H groups in total. The van der Waals surface area contributed by atoms with E-state index in [9.17, 15) is 4.39 Å². The molecule has 0 aliphatic rings. The summed E-state index contributed by atoms with van der Waals surface area (Å²) in [6, 6.07) is 5.68. The highest BCUT2D eigenvalue weighted by Gasteiger charge is 2.11. The van der Waals surface area contributed by atoms with Crippen molar-refractivity contribution in [1.29, 1.82) is 0 Å². The van der Waals surface area contributed by atoms with Crippen molar-refractivity contribution in [2.24, 2.45) is 0 Å². The van der Waals surface area contributed by atoms with Crippen molar-refractivity contribution in [3.05, 3.63) is 28.2 Å². The number of halogens is 2. The van der Waals surface area contributed by atoms with Crippen molar-refractivity contribution in [1.82, 2.24) is 0 Å². The van der Waals surface area contributed by atoms with E-state index in [-0.39, 0.29) is 12.6 Å². The Morgan fingerprint density at radius 3 is 2.79 bits per heavy atom. The van der Waals surface area contributed by atoms with Crippen LogP contribution in [0.2, 0.25) is 0 Å². The second-order valence-corrected chi connectivity index (χ2v) is 4.09. The predicted octanol–water partition coefficient (Wildman–Crippen LogP) is 3.92. The first-order valence-corrected chi connectivity index (χ1v) is 5.46. The minimum Gasteiger partial charge on any atom is -0.494 e. The summed E-state index contributed by atoms with van der Waals surface area (Å²) < 4.78 is 18.9. The lowest BCUT2D eigenvalue weighted by atomic mass is 10.0. The molecule has 0 heterocycles. The summed E-state index contributed by atoms with van der Waals surface area (Å²) in [4.78, 5) is 0. The SMILES string of the molecule is CCOc1ccc(Br)cc1C(C)CF. The Balaban J connectivity index is 3.02. The third-order valence-corrected chi connectivity index (χ3v) is 2.53. The summed E-state index contributed by atoms with van der Waals surface area (Å²) in [6.45, 7) is 4.01. The molecule has 1 nitrogen and oxygen atoms in total. The lowest BCUT2D eigenvalue weighted by molar-refractivity contribution is 0.330. The molecule has 14 heavy (non-hydrogen) atoms. The maximum atomic E-state index is 12.6. The zero-order valence-electron chi connectivity index (χ0n) is 8.39. The van der Waals surface area contributed by atoms with Crippen LogP contribution in [0.5, 0.6) is 5.75 Å². The van der Waals surface area contributed by atoms with E-state index in [0.29, 0.717) is 6.61 Å². The van der Waals surface area contributed by atoms with Gasteiger partial charge in [0.15, 0.2) is 0 Å². The highest BCUT2D eigenvalue weighted by atomic mass is 79.9. The van der Waals surface area contributed by atoms with Crippen LogP contribution in [0.25, 0.3) is 0 Å². The molecule has 78 valence electrons. The number of hydrogen-bond donors (Lipinski definition) is 0. The number of ether oxygens (including phenoxy) is 1. The van der Waals surface area contributed by atoms with E-state index in [1.54, 1.807) is 0 Å². The van der Waals surface area contributed by atoms with E-state index in [1.165, 1.54) is 0 Å². The largest absolute Gasteiger partial charge is 0.494 e. The molecule has 0 saturated heterocycles. The van der Waals surface area contributed by atoms with Gasteiger partial charge in [0.05, 0.1) is 13.3 Å². The molecule has 0 aliphatic heterocycles. The average molecular weight is 261 g/mol. The lowest BCUT2D eigenvalue weighted by Crippen LogP contribution is -2.01. The number of rotatable bonds is 4. The fourth-order valence-corrected chi connectivity index (χ4v) is 1.65. The monoisotopic (exact) mass is 260 g/mol. The van der Waals surface area contributed by atoms with E-state index in [0.717, 1.165) is 15.8 Å². The van der Waals surface area contributed by atoms with Crippen LogP contribution < -0.4 is 4.74 Å². The van der Waals surface area contributed by atoms with Gasteiger partial charge in [-0.15, -0.1) is 0 Å². The van der Waals surface area contributed by atoms with Crippen LogP contribution >= 0.6 is 15.9 Å². The van der Waals surface area contributed by atoms with Crippen LogP contribution in [0, 0.1) is 0 Å². The van der Waals surface area contributed by atoms with Crippen LogP contribution in [0.4, 0.5) is 4.39 Å². The molecule has 1 rings (SSSR count). The molecule has 0 spiro atoms. The normalized spacial score (nSPS) is 12.6. The average Bonchev–Trinajstić information content (AvgIpc) is 2.20. The van der Waals surface area contributed by atoms with Gasteiger partial charge in [-0.05, 0) is 25.1 Å². The van der Waals surface area contributed by atoms with Crippen molar-refractivity contribution in [3.63, 3.8) is 0 Å². The first-order chi connectivity index (χ1) is 6.69. The molecule has 1 atom stereocenters. The van der Waals surface area contributed by atoms with E-state index < -0.39 is 0 Å². The first-order valence-electron chi connectivity index (χ1n) is 4.67. The second kappa shape index (κ2) is 5.35. The number of benzene rings is 1. The van der Waals surface area contributed by atoms with E-state index in [2.05, 4.69) is 15.9 Å². The Morgan fingerprint density at radius 2 is 2.21 bits per heavy atom. The van der Waals surface area contributed by atoms with E-state index in [1.807, 2.05) is 32.0 Å².